The quantitative estimate of drug-likeness (QED) is 0.641. The van der Waals surface area contributed by atoms with Crippen molar-refractivity contribution in [2.75, 3.05) is 0 Å². The van der Waals surface area contributed by atoms with E-state index in [1.54, 1.807) is 0 Å². The Balaban J connectivity index is 3.83. The van der Waals surface area contributed by atoms with Crippen LogP contribution in [0.1, 0.15) is 46.5 Å². The van der Waals surface area contributed by atoms with E-state index in [1.165, 1.54) is 0 Å². The van der Waals surface area contributed by atoms with Crippen molar-refractivity contribution < 1.29 is 5.11 Å². The minimum Gasteiger partial charge on any atom is -0.389 e. The van der Waals surface area contributed by atoms with Crippen LogP contribution in [0.25, 0.3) is 0 Å². The van der Waals surface area contributed by atoms with Crippen LogP contribution < -0.4 is 5.73 Å². The maximum Gasteiger partial charge on any atom is 0.0769 e. The molecule has 2 nitrogen and oxygen atoms in total. The monoisotopic (exact) mass is 159 g/mol. The third-order valence-corrected chi connectivity index (χ3v) is 2.15. The second-order valence-corrected chi connectivity index (χ2v) is 3.50. The number of hydrogen-bond acceptors (Lipinski definition) is 2. The van der Waals surface area contributed by atoms with Gasteiger partial charge < -0.3 is 10.8 Å². The van der Waals surface area contributed by atoms with Crippen LogP contribution in [0.2, 0.25) is 0 Å². The van der Waals surface area contributed by atoms with E-state index in [2.05, 4.69) is 13.8 Å². The third-order valence-electron chi connectivity index (χ3n) is 2.15. The summed E-state index contributed by atoms with van der Waals surface area (Å²) in [6, 6.07) is -0.0625. The van der Waals surface area contributed by atoms with Gasteiger partial charge in [0.2, 0.25) is 0 Å². The van der Waals surface area contributed by atoms with E-state index >= 15 is 0 Å². The zero-order chi connectivity index (χ0) is 8.91. The van der Waals surface area contributed by atoms with Crippen molar-refractivity contribution in [1.29, 1.82) is 0 Å². The molecule has 0 aliphatic carbocycles. The van der Waals surface area contributed by atoms with E-state index in [1.807, 2.05) is 6.92 Å². The molecule has 0 aromatic heterocycles. The fourth-order valence-electron chi connectivity index (χ4n) is 1.31. The first kappa shape index (κ1) is 10.9. The second kappa shape index (κ2) is 4.73. The van der Waals surface area contributed by atoms with Crippen LogP contribution in [0.15, 0.2) is 0 Å². The molecule has 0 bridgehead atoms. The van der Waals surface area contributed by atoms with Gasteiger partial charge in [-0.15, -0.1) is 0 Å². The zero-order valence-electron chi connectivity index (χ0n) is 7.93. The minimum absolute atomic E-state index is 0.0625. The van der Waals surface area contributed by atoms with Gasteiger partial charge in [0, 0.05) is 6.04 Å². The normalized spacial score (nSPS) is 19.4. The molecular weight excluding hydrogens is 138 g/mol. The molecule has 0 radical (unpaired) electrons. The average molecular weight is 159 g/mol. The van der Waals surface area contributed by atoms with Gasteiger partial charge >= 0.3 is 0 Å². The van der Waals surface area contributed by atoms with Crippen LogP contribution in [0, 0.1) is 0 Å². The summed E-state index contributed by atoms with van der Waals surface area (Å²) < 4.78 is 0. The highest BCUT2D eigenvalue weighted by atomic mass is 16.3. The lowest BCUT2D eigenvalue weighted by Crippen LogP contribution is -2.45. The van der Waals surface area contributed by atoms with Crippen LogP contribution in [0.5, 0.6) is 0 Å². The molecule has 68 valence electrons. The Morgan fingerprint density at radius 1 is 1.36 bits per heavy atom. The van der Waals surface area contributed by atoms with Crippen molar-refractivity contribution in [3.05, 3.63) is 0 Å². The van der Waals surface area contributed by atoms with E-state index in [4.69, 9.17) is 5.73 Å². The smallest absolute Gasteiger partial charge is 0.0769 e. The fourth-order valence-corrected chi connectivity index (χ4v) is 1.31. The van der Waals surface area contributed by atoms with Crippen molar-refractivity contribution in [3.8, 4) is 0 Å². The molecule has 0 heterocycles. The van der Waals surface area contributed by atoms with Gasteiger partial charge in [-0.05, 0) is 19.8 Å². The van der Waals surface area contributed by atoms with Gasteiger partial charge in [0.1, 0.15) is 0 Å². The molecule has 0 fully saturated rings. The Morgan fingerprint density at radius 3 is 2.27 bits per heavy atom. The summed E-state index contributed by atoms with van der Waals surface area (Å²) >= 11 is 0. The van der Waals surface area contributed by atoms with E-state index in [0.717, 1.165) is 25.7 Å². The Bertz CT molecular complexity index is 102. The molecule has 0 aromatic rings. The van der Waals surface area contributed by atoms with E-state index < -0.39 is 5.60 Å². The van der Waals surface area contributed by atoms with Gasteiger partial charge in [0.05, 0.1) is 5.60 Å². The van der Waals surface area contributed by atoms with Crippen molar-refractivity contribution >= 4 is 0 Å². The SMILES string of the molecule is CCCC(N)C(C)(O)CCC. The molecule has 0 spiro atoms. The Labute approximate surface area is 69.8 Å². The average Bonchev–Trinajstić information content (AvgIpc) is 1.88. The Kier molecular flexibility index (Phi) is 4.69. The Hall–Kier alpha value is -0.0800. The molecule has 2 heteroatoms. The second-order valence-electron chi connectivity index (χ2n) is 3.50. The molecule has 11 heavy (non-hydrogen) atoms. The van der Waals surface area contributed by atoms with Crippen molar-refractivity contribution in [1.82, 2.24) is 0 Å². The fraction of sp³-hybridized carbons (Fsp3) is 1.00. The third kappa shape index (κ3) is 3.73. The van der Waals surface area contributed by atoms with Crippen LogP contribution >= 0.6 is 0 Å². The van der Waals surface area contributed by atoms with Crippen LogP contribution in [0.3, 0.4) is 0 Å². The summed E-state index contributed by atoms with van der Waals surface area (Å²) in [6.45, 7) is 5.98. The van der Waals surface area contributed by atoms with Crippen molar-refractivity contribution in [2.45, 2.75) is 58.1 Å². The predicted molar refractivity (Wildman–Crippen MR) is 48.4 cm³/mol. The number of nitrogens with two attached hydrogens (primary N) is 1. The van der Waals surface area contributed by atoms with Crippen LogP contribution in [0.4, 0.5) is 0 Å². The number of aliphatic hydroxyl groups is 1. The molecule has 0 aromatic carbocycles. The molecule has 0 saturated heterocycles. The molecule has 2 atom stereocenters. The molecule has 0 rings (SSSR count). The highest BCUT2D eigenvalue weighted by molar-refractivity contribution is 4.84. The van der Waals surface area contributed by atoms with E-state index in [9.17, 15) is 5.11 Å². The van der Waals surface area contributed by atoms with E-state index in [0.29, 0.717) is 0 Å². The van der Waals surface area contributed by atoms with Gasteiger partial charge in [-0.2, -0.15) is 0 Å². The first-order chi connectivity index (χ1) is 5.04. The number of hydrogen-bond donors (Lipinski definition) is 2. The molecule has 3 N–H and O–H groups in total. The summed E-state index contributed by atoms with van der Waals surface area (Å²) in [6.07, 6.45) is 3.74. The highest BCUT2D eigenvalue weighted by Crippen LogP contribution is 2.18. The minimum atomic E-state index is -0.662. The predicted octanol–water partition coefficient (Wildman–Crippen LogP) is 1.66. The lowest BCUT2D eigenvalue weighted by atomic mass is 9.89. The molecule has 0 saturated carbocycles. The first-order valence-electron chi connectivity index (χ1n) is 4.52. The highest BCUT2D eigenvalue weighted by Gasteiger charge is 2.26. The maximum absolute atomic E-state index is 9.79. The molecule has 0 aliphatic heterocycles. The van der Waals surface area contributed by atoms with Crippen LogP contribution in [-0.2, 0) is 0 Å². The van der Waals surface area contributed by atoms with Gasteiger partial charge in [0.25, 0.3) is 0 Å². The maximum atomic E-state index is 9.79. The zero-order valence-corrected chi connectivity index (χ0v) is 7.93. The summed E-state index contributed by atoms with van der Waals surface area (Å²) in [4.78, 5) is 0. The van der Waals surface area contributed by atoms with Gasteiger partial charge in [0.15, 0.2) is 0 Å². The Morgan fingerprint density at radius 2 is 1.91 bits per heavy atom. The largest absolute Gasteiger partial charge is 0.389 e. The standard InChI is InChI=1S/C9H21NO/c1-4-6-8(10)9(3,11)7-5-2/h8,11H,4-7,10H2,1-3H3. The van der Waals surface area contributed by atoms with Gasteiger partial charge in [-0.25, -0.2) is 0 Å². The van der Waals surface area contributed by atoms with E-state index in [-0.39, 0.29) is 6.04 Å². The molecule has 0 amide bonds. The molecule has 2 unspecified atom stereocenters. The van der Waals surface area contributed by atoms with Gasteiger partial charge in [-0.3, -0.25) is 0 Å². The first-order valence-corrected chi connectivity index (χ1v) is 4.52. The topological polar surface area (TPSA) is 46.2 Å². The van der Waals surface area contributed by atoms with Crippen molar-refractivity contribution in [3.63, 3.8) is 0 Å². The summed E-state index contributed by atoms with van der Waals surface area (Å²) in [5, 5.41) is 9.79. The van der Waals surface area contributed by atoms with Crippen molar-refractivity contribution in [2.24, 2.45) is 5.73 Å². The summed E-state index contributed by atoms with van der Waals surface area (Å²) in [7, 11) is 0. The molecule has 0 aliphatic rings. The summed E-state index contributed by atoms with van der Waals surface area (Å²) in [5.74, 6) is 0. The molecular formula is C9H21NO. The van der Waals surface area contributed by atoms with Crippen LogP contribution in [-0.4, -0.2) is 16.7 Å². The lowest BCUT2D eigenvalue weighted by Gasteiger charge is -2.29. The summed E-state index contributed by atoms with van der Waals surface area (Å²) in [5.41, 5.74) is 5.14. The number of rotatable bonds is 5. The lowest BCUT2D eigenvalue weighted by molar-refractivity contribution is 0.0207. The van der Waals surface area contributed by atoms with Gasteiger partial charge in [-0.1, -0.05) is 26.7 Å².